The molecule has 0 aliphatic heterocycles. The van der Waals surface area contributed by atoms with E-state index in [9.17, 15) is 9.18 Å². The molecule has 0 aliphatic carbocycles. The Morgan fingerprint density at radius 2 is 2.05 bits per heavy atom. The zero-order valence-electron chi connectivity index (χ0n) is 12.2. The number of aromatic nitrogens is 2. The summed E-state index contributed by atoms with van der Waals surface area (Å²) in [7, 11) is 1.61. The molecule has 0 bridgehead atoms. The van der Waals surface area contributed by atoms with Gasteiger partial charge >= 0.3 is 0 Å². The minimum absolute atomic E-state index is 0.261. The highest BCUT2D eigenvalue weighted by atomic mass is 19.1. The van der Waals surface area contributed by atoms with Crippen LogP contribution in [0, 0.1) is 5.82 Å². The molecule has 1 aromatic heterocycles. The van der Waals surface area contributed by atoms with E-state index < -0.39 is 0 Å². The lowest BCUT2D eigenvalue weighted by Crippen LogP contribution is -2.26. The van der Waals surface area contributed by atoms with Crippen molar-refractivity contribution in [3.8, 4) is 0 Å². The summed E-state index contributed by atoms with van der Waals surface area (Å²) in [4.78, 5) is 20.1. The van der Waals surface area contributed by atoms with E-state index >= 15 is 0 Å². The summed E-state index contributed by atoms with van der Waals surface area (Å²) in [5, 5.41) is 5.66. The number of rotatable bonds is 7. The molecule has 2 rings (SSSR count). The molecule has 0 radical (unpaired) electrons. The zero-order valence-corrected chi connectivity index (χ0v) is 12.2. The number of ether oxygens (including phenoxy) is 1. The molecule has 1 amide bonds. The molecule has 7 heteroatoms. The summed E-state index contributed by atoms with van der Waals surface area (Å²) < 4.78 is 17.8. The number of nitrogens with zero attached hydrogens (tertiary/aromatic N) is 2. The van der Waals surface area contributed by atoms with E-state index in [-0.39, 0.29) is 23.4 Å². The maximum Gasteiger partial charge on any atom is 0.270 e. The predicted molar refractivity (Wildman–Crippen MR) is 80.5 cm³/mol. The number of carbonyl (C=O) groups is 1. The summed E-state index contributed by atoms with van der Waals surface area (Å²) in [6.45, 7) is 1.10. The molecular formula is C15H17FN4O2. The normalized spacial score (nSPS) is 10.3. The van der Waals surface area contributed by atoms with E-state index in [2.05, 4.69) is 20.6 Å². The summed E-state index contributed by atoms with van der Waals surface area (Å²) in [6.07, 6.45) is 2.22. The Balaban J connectivity index is 1.97. The van der Waals surface area contributed by atoms with Gasteiger partial charge in [0, 0.05) is 32.1 Å². The smallest absolute Gasteiger partial charge is 0.270 e. The Morgan fingerprint density at radius 3 is 2.77 bits per heavy atom. The van der Waals surface area contributed by atoms with Gasteiger partial charge in [0.05, 0.1) is 0 Å². The fraction of sp³-hybridized carbons (Fsp3) is 0.267. The van der Waals surface area contributed by atoms with Gasteiger partial charge in [-0.2, -0.15) is 0 Å². The molecular weight excluding hydrogens is 287 g/mol. The lowest BCUT2D eigenvalue weighted by molar-refractivity contribution is 0.0943. The lowest BCUT2D eigenvalue weighted by atomic mass is 10.3. The first kappa shape index (κ1) is 15.8. The number of methoxy groups -OCH3 is 1. The quantitative estimate of drug-likeness (QED) is 0.766. The molecule has 6 nitrogen and oxygen atoms in total. The van der Waals surface area contributed by atoms with Gasteiger partial charge in [0.2, 0.25) is 5.95 Å². The average Bonchev–Trinajstić information content (AvgIpc) is 2.54. The maximum atomic E-state index is 12.8. The van der Waals surface area contributed by atoms with Crippen LogP contribution in [0.25, 0.3) is 0 Å². The van der Waals surface area contributed by atoms with Crippen molar-refractivity contribution in [2.75, 3.05) is 25.6 Å². The topological polar surface area (TPSA) is 76.1 Å². The van der Waals surface area contributed by atoms with Crippen molar-refractivity contribution in [2.24, 2.45) is 0 Å². The minimum Gasteiger partial charge on any atom is -0.385 e. The van der Waals surface area contributed by atoms with Gasteiger partial charge in [0.15, 0.2) is 0 Å². The van der Waals surface area contributed by atoms with E-state index in [4.69, 9.17) is 4.74 Å². The highest BCUT2D eigenvalue weighted by Gasteiger charge is 2.08. The third kappa shape index (κ3) is 4.78. The van der Waals surface area contributed by atoms with Gasteiger partial charge in [-0.3, -0.25) is 4.79 Å². The number of halogens is 1. The van der Waals surface area contributed by atoms with E-state index in [0.717, 1.165) is 6.42 Å². The molecule has 116 valence electrons. The van der Waals surface area contributed by atoms with Crippen LogP contribution in [0.15, 0.2) is 36.5 Å². The Morgan fingerprint density at radius 1 is 1.27 bits per heavy atom. The fourth-order valence-electron chi connectivity index (χ4n) is 1.72. The number of hydrogen-bond donors (Lipinski definition) is 2. The van der Waals surface area contributed by atoms with Gasteiger partial charge in [-0.1, -0.05) is 0 Å². The molecule has 2 N–H and O–H groups in total. The van der Waals surface area contributed by atoms with Crippen molar-refractivity contribution < 1.29 is 13.9 Å². The van der Waals surface area contributed by atoms with E-state index in [1.807, 2.05) is 0 Å². The standard InChI is InChI=1S/C15H17FN4O2/c1-22-10-2-8-17-14(21)13-7-9-18-15(20-13)19-12-5-3-11(16)4-6-12/h3-7,9H,2,8,10H2,1H3,(H,17,21)(H,18,19,20). The zero-order chi connectivity index (χ0) is 15.8. The first-order chi connectivity index (χ1) is 10.7. The molecule has 1 aromatic carbocycles. The number of anilines is 2. The largest absolute Gasteiger partial charge is 0.385 e. The molecule has 0 aliphatic rings. The third-order valence-electron chi connectivity index (χ3n) is 2.80. The second-order valence-electron chi connectivity index (χ2n) is 4.50. The van der Waals surface area contributed by atoms with E-state index in [1.165, 1.54) is 24.4 Å². The highest BCUT2D eigenvalue weighted by molar-refractivity contribution is 5.92. The second-order valence-corrected chi connectivity index (χ2v) is 4.50. The van der Waals surface area contributed by atoms with Crippen LogP contribution in [0.1, 0.15) is 16.9 Å². The first-order valence-electron chi connectivity index (χ1n) is 6.82. The first-order valence-corrected chi connectivity index (χ1v) is 6.82. The Labute approximate surface area is 127 Å². The second kappa shape index (κ2) is 8.04. The Kier molecular flexibility index (Phi) is 5.79. The molecule has 0 fully saturated rings. The van der Waals surface area contributed by atoms with Crippen LogP contribution in [0.3, 0.4) is 0 Å². The molecule has 0 atom stereocenters. The van der Waals surface area contributed by atoms with Crippen LogP contribution in [-0.2, 0) is 4.74 Å². The summed E-state index contributed by atoms with van der Waals surface area (Å²) >= 11 is 0. The molecule has 0 spiro atoms. The van der Waals surface area contributed by atoms with Crippen molar-refractivity contribution >= 4 is 17.5 Å². The minimum atomic E-state index is -0.323. The van der Waals surface area contributed by atoms with Crippen LogP contribution in [0.4, 0.5) is 16.0 Å². The van der Waals surface area contributed by atoms with Gasteiger partial charge in [-0.25, -0.2) is 14.4 Å². The van der Waals surface area contributed by atoms with Crippen LogP contribution in [0.2, 0.25) is 0 Å². The van der Waals surface area contributed by atoms with Crippen molar-refractivity contribution in [2.45, 2.75) is 6.42 Å². The molecule has 2 aromatic rings. The van der Waals surface area contributed by atoms with E-state index in [0.29, 0.717) is 18.8 Å². The number of hydrogen-bond acceptors (Lipinski definition) is 5. The van der Waals surface area contributed by atoms with Gasteiger partial charge in [-0.15, -0.1) is 0 Å². The lowest BCUT2D eigenvalue weighted by Gasteiger charge is -2.07. The summed E-state index contributed by atoms with van der Waals surface area (Å²) in [5.74, 6) is -0.326. The molecule has 1 heterocycles. The Bertz CT molecular complexity index is 619. The molecule has 0 saturated carbocycles. The monoisotopic (exact) mass is 304 g/mol. The predicted octanol–water partition coefficient (Wildman–Crippen LogP) is 2.13. The number of carbonyl (C=O) groups excluding carboxylic acids is 1. The van der Waals surface area contributed by atoms with Gasteiger partial charge in [-0.05, 0) is 36.8 Å². The highest BCUT2D eigenvalue weighted by Crippen LogP contribution is 2.13. The van der Waals surface area contributed by atoms with Gasteiger partial charge in [0.25, 0.3) is 5.91 Å². The third-order valence-corrected chi connectivity index (χ3v) is 2.80. The average molecular weight is 304 g/mol. The van der Waals surface area contributed by atoms with Crippen molar-refractivity contribution in [1.29, 1.82) is 0 Å². The van der Waals surface area contributed by atoms with Gasteiger partial charge in [0.1, 0.15) is 11.5 Å². The number of nitrogens with one attached hydrogen (secondary N) is 2. The molecule has 0 saturated heterocycles. The number of amides is 1. The molecule has 0 unspecified atom stereocenters. The van der Waals surface area contributed by atoms with Crippen LogP contribution in [0.5, 0.6) is 0 Å². The molecule has 22 heavy (non-hydrogen) atoms. The van der Waals surface area contributed by atoms with Crippen molar-refractivity contribution in [3.05, 3.63) is 48.0 Å². The number of benzene rings is 1. The maximum absolute atomic E-state index is 12.8. The SMILES string of the molecule is COCCCNC(=O)c1ccnc(Nc2ccc(F)cc2)n1. The fourth-order valence-corrected chi connectivity index (χ4v) is 1.72. The summed E-state index contributed by atoms with van der Waals surface area (Å²) in [6, 6.07) is 7.32. The Hall–Kier alpha value is -2.54. The van der Waals surface area contributed by atoms with Crippen LogP contribution < -0.4 is 10.6 Å². The van der Waals surface area contributed by atoms with Crippen LogP contribution >= 0.6 is 0 Å². The van der Waals surface area contributed by atoms with Crippen molar-refractivity contribution in [3.63, 3.8) is 0 Å². The summed E-state index contributed by atoms with van der Waals surface area (Å²) in [5.41, 5.74) is 0.899. The van der Waals surface area contributed by atoms with Crippen molar-refractivity contribution in [1.82, 2.24) is 15.3 Å². The van der Waals surface area contributed by atoms with Gasteiger partial charge < -0.3 is 15.4 Å². The van der Waals surface area contributed by atoms with E-state index in [1.54, 1.807) is 19.2 Å². The van der Waals surface area contributed by atoms with Crippen LogP contribution in [-0.4, -0.2) is 36.1 Å².